The lowest BCUT2D eigenvalue weighted by Crippen LogP contribution is -2.25. The molecule has 7 nitrogen and oxygen atoms in total. The zero-order valence-electron chi connectivity index (χ0n) is 8.88. The van der Waals surface area contributed by atoms with Crippen molar-refractivity contribution in [3.8, 4) is 6.07 Å². The van der Waals surface area contributed by atoms with E-state index in [0.717, 1.165) is 6.07 Å². The van der Waals surface area contributed by atoms with E-state index in [0.29, 0.717) is 0 Å². The average Bonchev–Trinajstić information content (AvgIpc) is 2.28. The van der Waals surface area contributed by atoms with Crippen molar-refractivity contribution in [3.05, 3.63) is 33.9 Å². The molecule has 0 fully saturated rings. The summed E-state index contributed by atoms with van der Waals surface area (Å²) in [6.45, 7) is 1.41. The number of anilines is 1. The Kier molecular flexibility index (Phi) is 3.62. The van der Waals surface area contributed by atoms with Crippen molar-refractivity contribution >= 4 is 17.3 Å². The van der Waals surface area contributed by atoms with Gasteiger partial charge in [-0.1, -0.05) is 0 Å². The lowest BCUT2D eigenvalue weighted by atomic mass is 10.1. The highest BCUT2D eigenvalue weighted by atomic mass is 16.6. The Morgan fingerprint density at radius 3 is 2.76 bits per heavy atom. The fourth-order valence-electron chi connectivity index (χ4n) is 1.18. The highest BCUT2D eigenvalue weighted by Gasteiger charge is 2.16. The topological polar surface area (TPSA) is 116 Å². The fraction of sp³-hybridized carbons (Fsp3) is 0.200. The standard InChI is InChI=1S/C10H9N3O4/c1-6(10(14)15)12-8-3-2-7(5-11)9(4-8)13(16)17/h2-4,6,12H,1H3,(H,14,15). The summed E-state index contributed by atoms with van der Waals surface area (Å²) in [4.78, 5) is 20.6. The van der Waals surface area contributed by atoms with E-state index >= 15 is 0 Å². The highest BCUT2D eigenvalue weighted by Crippen LogP contribution is 2.22. The summed E-state index contributed by atoms with van der Waals surface area (Å²) in [5.74, 6) is -1.07. The number of carboxylic acids is 1. The SMILES string of the molecule is CC(Nc1ccc(C#N)c([N+](=O)[O-])c1)C(=O)O. The minimum Gasteiger partial charge on any atom is -0.480 e. The van der Waals surface area contributed by atoms with Crippen molar-refractivity contribution in [2.75, 3.05) is 5.32 Å². The Morgan fingerprint density at radius 1 is 1.65 bits per heavy atom. The maximum absolute atomic E-state index is 10.7. The van der Waals surface area contributed by atoms with E-state index in [9.17, 15) is 14.9 Å². The summed E-state index contributed by atoms with van der Waals surface area (Å²) in [5, 5.41) is 30.6. The van der Waals surface area contributed by atoms with Crippen molar-refractivity contribution in [3.63, 3.8) is 0 Å². The molecule has 0 heterocycles. The molecule has 0 aromatic heterocycles. The molecule has 2 N–H and O–H groups in total. The largest absolute Gasteiger partial charge is 0.480 e. The number of nitro benzene ring substituents is 1. The van der Waals surface area contributed by atoms with Gasteiger partial charge in [0.25, 0.3) is 5.69 Å². The monoisotopic (exact) mass is 235 g/mol. The molecule has 1 aromatic carbocycles. The van der Waals surface area contributed by atoms with Gasteiger partial charge >= 0.3 is 5.97 Å². The lowest BCUT2D eigenvalue weighted by Gasteiger charge is -2.10. The quantitative estimate of drug-likeness (QED) is 0.601. The number of nitrogens with zero attached hydrogens (tertiary/aromatic N) is 2. The molecule has 0 aliphatic rings. The van der Waals surface area contributed by atoms with E-state index in [1.165, 1.54) is 19.1 Å². The normalized spacial score (nSPS) is 11.3. The van der Waals surface area contributed by atoms with E-state index in [-0.39, 0.29) is 16.9 Å². The third-order valence-corrected chi connectivity index (χ3v) is 2.07. The first-order chi connectivity index (χ1) is 7.95. The number of nitro groups is 1. The molecule has 7 heteroatoms. The van der Waals surface area contributed by atoms with Crippen molar-refractivity contribution in [2.24, 2.45) is 0 Å². The Morgan fingerprint density at radius 2 is 2.29 bits per heavy atom. The number of carboxylic acid groups (broad SMARTS) is 1. The highest BCUT2D eigenvalue weighted by molar-refractivity contribution is 5.77. The van der Waals surface area contributed by atoms with Crippen LogP contribution in [-0.2, 0) is 4.79 Å². The molecule has 1 unspecified atom stereocenters. The minimum absolute atomic E-state index is 0.0662. The maximum Gasteiger partial charge on any atom is 0.325 e. The van der Waals surface area contributed by atoms with Crippen LogP contribution < -0.4 is 5.32 Å². The fourth-order valence-corrected chi connectivity index (χ4v) is 1.18. The predicted molar refractivity (Wildman–Crippen MR) is 58.5 cm³/mol. The van der Waals surface area contributed by atoms with Crippen LogP contribution in [0.2, 0.25) is 0 Å². The molecular formula is C10H9N3O4. The summed E-state index contributed by atoms with van der Waals surface area (Å²) in [5.41, 5.74) is -0.135. The van der Waals surface area contributed by atoms with E-state index in [1.807, 2.05) is 0 Å². The second kappa shape index (κ2) is 4.94. The Hall–Kier alpha value is -2.62. The number of nitrogens with one attached hydrogen (secondary N) is 1. The third kappa shape index (κ3) is 2.92. The van der Waals surface area contributed by atoms with Gasteiger partial charge in [-0.05, 0) is 19.1 Å². The molecule has 0 radical (unpaired) electrons. The number of carbonyl (C=O) groups is 1. The van der Waals surface area contributed by atoms with Crippen LogP contribution in [0.1, 0.15) is 12.5 Å². The molecule has 0 aliphatic heterocycles. The average molecular weight is 235 g/mol. The van der Waals surface area contributed by atoms with Crippen LogP contribution in [-0.4, -0.2) is 22.0 Å². The number of benzene rings is 1. The molecule has 88 valence electrons. The van der Waals surface area contributed by atoms with Gasteiger partial charge < -0.3 is 10.4 Å². The Bertz CT molecular complexity index is 507. The van der Waals surface area contributed by atoms with Gasteiger partial charge in [0.15, 0.2) is 0 Å². The number of rotatable bonds is 4. The van der Waals surface area contributed by atoms with E-state index < -0.39 is 16.9 Å². The van der Waals surface area contributed by atoms with Gasteiger partial charge in [-0.15, -0.1) is 0 Å². The predicted octanol–water partition coefficient (Wildman–Crippen LogP) is 1.35. The van der Waals surface area contributed by atoms with E-state index in [2.05, 4.69) is 5.32 Å². The zero-order valence-corrected chi connectivity index (χ0v) is 8.88. The molecule has 0 saturated heterocycles. The molecule has 1 aromatic rings. The van der Waals surface area contributed by atoms with Crippen LogP contribution in [0.25, 0.3) is 0 Å². The summed E-state index contributed by atoms with van der Waals surface area (Å²) >= 11 is 0. The van der Waals surface area contributed by atoms with Crippen LogP contribution in [0.15, 0.2) is 18.2 Å². The maximum atomic E-state index is 10.7. The van der Waals surface area contributed by atoms with Crippen molar-refractivity contribution in [1.29, 1.82) is 5.26 Å². The zero-order chi connectivity index (χ0) is 13.0. The Balaban J connectivity index is 3.05. The van der Waals surface area contributed by atoms with Crippen LogP contribution in [0.5, 0.6) is 0 Å². The molecule has 0 bridgehead atoms. The van der Waals surface area contributed by atoms with E-state index in [1.54, 1.807) is 6.07 Å². The minimum atomic E-state index is -1.07. The van der Waals surface area contributed by atoms with Gasteiger partial charge in [-0.25, -0.2) is 0 Å². The summed E-state index contributed by atoms with van der Waals surface area (Å²) in [6.07, 6.45) is 0. The second-order valence-electron chi connectivity index (χ2n) is 3.31. The van der Waals surface area contributed by atoms with Crippen molar-refractivity contribution in [1.82, 2.24) is 0 Å². The first-order valence-corrected chi connectivity index (χ1v) is 4.63. The van der Waals surface area contributed by atoms with Crippen molar-refractivity contribution < 1.29 is 14.8 Å². The van der Waals surface area contributed by atoms with Gasteiger partial charge in [0.1, 0.15) is 17.7 Å². The molecule has 0 amide bonds. The molecule has 17 heavy (non-hydrogen) atoms. The summed E-state index contributed by atoms with van der Waals surface area (Å²) in [7, 11) is 0. The van der Waals surface area contributed by atoms with Crippen LogP contribution >= 0.6 is 0 Å². The van der Waals surface area contributed by atoms with Crippen molar-refractivity contribution in [2.45, 2.75) is 13.0 Å². The molecule has 0 saturated carbocycles. The number of hydrogen-bond acceptors (Lipinski definition) is 5. The van der Waals surface area contributed by atoms with Gasteiger partial charge in [0.05, 0.1) is 4.92 Å². The summed E-state index contributed by atoms with van der Waals surface area (Å²) < 4.78 is 0. The van der Waals surface area contributed by atoms with Gasteiger partial charge in [-0.3, -0.25) is 14.9 Å². The van der Waals surface area contributed by atoms with Crippen LogP contribution in [0, 0.1) is 21.4 Å². The molecule has 1 rings (SSSR count). The Labute approximate surface area is 96.4 Å². The smallest absolute Gasteiger partial charge is 0.325 e. The first-order valence-electron chi connectivity index (χ1n) is 4.63. The van der Waals surface area contributed by atoms with Gasteiger partial charge in [-0.2, -0.15) is 5.26 Å². The first kappa shape index (κ1) is 12.4. The summed E-state index contributed by atoms with van der Waals surface area (Å²) in [6, 6.07) is 4.65. The lowest BCUT2D eigenvalue weighted by molar-refractivity contribution is -0.385. The molecule has 0 spiro atoms. The molecule has 1 atom stereocenters. The number of hydrogen-bond donors (Lipinski definition) is 2. The third-order valence-electron chi connectivity index (χ3n) is 2.07. The van der Waals surface area contributed by atoms with Gasteiger partial charge in [0.2, 0.25) is 0 Å². The molecular weight excluding hydrogens is 226 g/mol. The second-order valence-corrected chi connectivity index (χ2v) is 3.31. The van der Waals surface area contributed by atoms with Gasteiger partial charge in [0, 0.05) is 11.8 Å². The van der Waals surface area contributed by atoms with Crippen LogP contribution in [0.4, 0.5) is 11.4 Å². The number of aliphatic carboxylic acids is 1. The number of nitriles is 1. The van der Waals surface area contributed by atoms with Crippen LogP contribution in [0.3, 0.4) is 0 Å². The van der Waals surface area contributed by atoms with E-state index in [4.69, 9.17) is 10.4 Å². The molecule has 0 aliphatic carbocycles.